The molecule has 0 unspecified atom stereocenters. The Kier molecular flexibility index (Phi) is 4.54. The van der Waals surface area contributed by atoms with Gasteiger partial charge in [0.15, 0.2) is 11.5 Å². The highest BCUT2D eigenvalue weighted by Crippen LogP contribution is 2.14. The molecule has 0 atom stereocenters. The molecule has 4 rings (SSSR count). The van der Waals surface area contributed by atoms with Crippen molar-refractivity contribution in [2.75, 3.05) is 42.9 Å². The highest BCUT2D eigenvalue weighted by Gasteiger charge is 2.22. The van der Waals surface area contributed by atoms with E-state index in [1.807, 2.05) is 4.90 Å². The van der Waals surface area contributed by atoms with Crippen LogP contribution in [0.5, 0.6) is 0 Å². The number of fused-ring (bicyclic) bond motifs is 1. The minimum Gasteiger partial charge on any atom is -0.368 e. The van der Waals surface area contributed by atoms with Gasteiger partial charge in [-0.1, -0.05) is 0 Å². The van der Waals surface area contributed by atoms with Gasteiger partial charge < -0.3 is 20.1 Å². The fourth-order valence-electron chi connectivity index (χ4n) is 2.96. The zero-order valence-electron chi connectivity index (χ0n) is 14.2. The first kappa shape index (κ1) is 16.2. The van der Waals surface area contributed by atoms with Crippen LogP contribution in [0.2, 0.25) is 0 Å². The quantitative estimate of drug-likeness (QED) is 0.672. The molecular weight excluding hydrogens is 334 g/mol. The number of amides is 1. The molecule has 2 N–H and O–H groups in total. The van der Waals surface area contributed by atoms with Crippen LogP contribution >= 0.6 is 0 Å². The summed E-state index contributed by atoms with van der Waals surface area (Å²) in [5.41, 5.74) is 1.35. The van der Waals surface area contributed by atoms with Gasteiger partial charge in [-0.15, -0.1) is 0 Å². The normalized spacial score (nSPS) is 14.6. The highest BCUT2D eigenvalue weighted by molar-refractivity contribution is 5.82. The molecule has 0 aliphatic carbocycles. The lowest BCUT2D eigenvalue weighted by Crippen LogP contribution is -2.49. The molecule has 3 aromatic rings. The Morgan fingerprint density at radius 2 is 1.88 bits per heavy atom. The number of hydrogen-bond donors (Lipinski definition) is 2. The smallest absolute Gasteiger partial charge is 0.225 e. The van der Waals surface area contributed by atoms with E-state index in [0.717, 1.165) is 18.6 Å². The highest BCUT2D eigenvalue weighted by atomic mass is 16.2. The number of rotatable bonds is 5. The number of anilines is 2. The van der Waals surface area contributed by atoms with Crippen molar-refractivity contribution >= 4 is 28.8 Å². The summed E-state index contributed by atoms with van der Waals surface area (Å²) in [7, 11) is 0. The van der Waals surface area contributed by atoms with Crippen LogP contribution in [0.25, 0.3) is 11.2 Å². The lowest BCUT2D eigenvalue weighted by atomic mass is 10.3. The van der Waals surface area contributed by atoms with E-state index < -0.39 is 0 Å². The molecule has 1 saturated heterocycles. The summed E-state index contributed by atoms with van der Waals surface area (Å²) in [5, 5.41) is 3.18. The van der Waals surface area contributed by atoms with Gasteiger partial charge in [0.05, 0.1) is 6.33 Å². The molecule has 1 amide bonds. The van der Waals surface area contributed by atoms with E-state index in [1.54, 1.807) is 24.8 Å². The van der Waals surface area contributed by atoms with Crippen LogP contribution < -0.4 is 10.2 Å². The Hall–Kier alpha value is -3.30. The number of aromatic nitrogens is 6. The number of nitrogens with zero attached hydrogens (tertiary/aromatic N) is 7. The number of aromatic amines is 1. The predicted molar refractivity (Wildman–Crippen MR) is 95.6 cm³/mol. The van der Waals surface area contributed by atoms with Crippen molar-refractivity contribution in [2.24, 2.45) is 0 Å². The van der Waals surface area contributed by atoms with E-state index >= 15 is 0 Å². The van der Waals surface area contributed by atoms with Crippen LogP contribution in [0.15, 0.2) is 31.1 Å². The average molecular weight is 353 g/mol. The average Bonchev–Trinajstić information content (AvgIpc) is 3.18. The Balaban J connectivity index is 1.26. The molecule has 134 valence electrons. The largest absolute Gasteiger partial charge is 0.368 e. The zero-order valence-corrected chi connectivity index (χ0v) is 14.2. The summed E-state index contributed by atoms with van der Waals surface area (Å²) >= 11 is 0. The van der Waals surface area contributed by atoms with Crippen LogP contribution in [-0.2, 0) is 4.79 Å². The third kappa shape index (κ3) is 3.39. The van der Waals surface area contributed by atoms with E-state index in [2.05, 4.69) is 40.1 Å². The van der Waals surface area contributed by atoms with Gasteiger partial charge in [0.2, 0.25) is 11.9 Å². The van der Waals surface area contributed by atoms with Gasteiger partial charge in [-0.25, -0.2) is 24.9 Å². The molecular formula is C16H19N9O. The summed E-state index contributed by atoms with van der Waals surface area (Å²) in [6.45, 7) is 3.34. The number of H-pyrrole nitrogens is 1. The molecule has 3 aromatic heterocycles. The topological polar surface area (TPSA) is 116 Å². The first-order valence-corrected chi connectivity index (χ1v) is 8.49. The molecule has 1 fully saturated rings. The van der Waals surface area contributed by atoms with Gasteiger partial charge in [-0.3, -0.25) is 4.79 Å². The monoisotopic (exact) mass is 353 g/mol. The zero-order chi connectivity index (χ0) is 17.8. The number of carbonyl (C=O) groups excluding carboxylic acids is 1. The van der Waals surface area contributed by atoms with E-state index in [1.165, 1.54) is 6.33 Å². The maximum atomic E-state index is 12.4. The number of hydrogen-bond acceptors (Lipinski definition) is 8. The van der Waals surface area contributed by atoms with Crippen molar-refractivity contribution in [3.63, 3.8) is 0 Å². The molecule has 0 bridgehead atoms. The second-order valence-corrected chi connectivity index (χ2v) is 5.92. The second-order valence-electron chi connectivity index (χ2n) is 5.92. The molecule has 0 saturated carbocycles. The number of carbonyl (C=O) groups is 1. The fraction of sp³-hybridized carbons (Fsp3) is 0.375. The minimum atomic E-state index is 0.126. The Bertz CT molecular complexity index is 874. The summed E-state index contributed by atoms with van der Waals surface area (Å²) < 4.78 is 0. The van der Waals surface area contributed by atoms with Crippen molar-refractivity contribution in [1.82, 2.24) is 34.8 Å². The molecule has 0 radical (unpaired) electrons. The molecule has 4 heterocycles. The van der Waals surface area contributed by atoms with Gasteiger partial charge in [-0.05, 0) is 6.07 Å². The Morgan fingerprint density at radius 1 is 1.08 bits per heavy atom. The fourth-order valence-corrected chi connectivity index (χ4v) is 2.96. The van der Waals surface area contributed by atoms with E-state index in [9.17, 15) is 4.79 Å². The second kappa shape index (κ2) is 7.30. The molecule has 0 spiro atoms. The predicted octanol–water partition coefficient (Wildman–Crippen LogP) is 0.294. The molecule has 1 aliphatic heterocycles. The van der Waals surface area contributed by atoms with Crippen LogP contribution in [0.4, 0.5) is 11.8 Å². The molecule has 10 nitrogen and oxygen atoms in total. The molecule has 0 aromatic carbocycles. The van der Waals surface area contributed by atoms with Crippen molar-refractivity contribution < 1.29 is 4.79 Å². The Labute approximate surface area is 149 Å². The van der Waals surface area contributed by atoms with Crippen molar-refractivity contribution in [2.45, 2.75) is 6.42 Å². The summed E-state index contributed by atoms with van der Waals surface area (Å²) in [6, 6.07) is 1.80. The first-order chi connectivity index (χ1) is 12.8. The Morgan fingerprint density at radius 3 is 2.69 bits per heavy atom. The van der Waals surface area contributed by atoms with Crippen LogP contribution in [0.1, 0.15) is 6.42 Å². The van der Waals surface area contributed by atoms with Gasteiger partial charge >= 0.3 is 0 Å². The van der Waals surface area contributed by atoms with Gasteiger partial charge in [-0.2, -0.15) is 0 Å². The third-order valence-corrected chi connectivity index (χ3v) is 4.32. The van der Waals surface area contributed by atoms with Gasteiger partial charge in [0, 0.05) is 51.5 Å². The summed E-state index contributed by atoms with van der Waals surface area (Å²) in [6.07, 6.45) is 6.90. The number of nitrogens with one attached hydrogen (secondary N) is 2. The van der Waals surface area contributed by atoms with E-state index in [4.69, 9.17) is 0 Å². The van der Waals surface area contributed by atoms with Crippen molar-refractivity contribution in [3.8, 4) is 0 Å². The lowest BCUT2D eigenvalue weighted by molar-refractivity contribution is -0.131. The molecule has 1 aliphatic rings. The maximum Gasteiger partial charge on any atom is 0.225 e. The van der Waals surface area contributed by atoms with Crippen molar-refractivity contribution in [3.05, 3.63) is 31.1 Å². The SMILES string of the molecule is O=C(CCNc1ncnc2nc[nH]c12)N1CCN(c2ncccn2)CC1. The maximum absolute atomic E-state index is 12.4. The lowest BCUT2D eigenvalue weighted by Gasteiger charge is -2.34. The number of imidazole rings is 1. The molecule has 10 heteroatoms. The summed E-state index contributed by atoms with van der Waals surface area (Å²) in [4.78, 5) is 40.3. The standard InChI is InChI=1S/C16H19N9O/c26-12(2-5-17-14-13-15(21-10-20-13)23-11-22-14)24-6-8-25(9-7-24)16-18-3-1-4-19-16/h1,3-4,10-11H,2,5-9H2,(H2,17,20,21,22,23). The van der Waals surface area contributed by atoms with Gasteiger partial charge in [0.25, 0.3) is 0 Å². The van der Waals surface area contributed by atoms with Gasteiger partial charge in [0.1, 0.15) is 11.8 Å². The first-order valence-electron chi connectivity index (χ1n) is 8.49. The van der Waals surface area contributed by atoms with E-state index in [0.29, 0.717) is 43.5 Å². The minimum absolute atomic E-state index is 0.126. The van der Waals surface area contributed by atoms with Crippen LogP contribution in [0, 0.1) is 0 Å². The third-order valence-electron chi connectivity index (χ3n) is 4.32. The molecule has 26 heavy (non-hydrogen) atoms. The number of piperazine rings is 1. The van der Waals surface area contributed by atoms with E-state index in [-0.39, 0.29) is 5.91 Å². The van der Waals surface area contributed by atoms with Crippen molar-refractivity contribution in [1.29, 1.82) is 0 Å². The van der Waals surface area contributed by atoms with Crippen LogP contribution in [-0.4, -0.2) is 73.4 Å². The summed E-state index contributed by atoms with van der Waals surface area (Å²) in [5.74, 6) is 1.50. The van der Waals surface area contributed by atoms with Crippen LogP contribution in [0.3, 0.4) is 0 Å².